The Hall–Kier alpha value is -4.89. The largest absolute Gasteiger partial charge is 0.497 e. The number of nitrogens with zero attached hydrogens (tertiary/aromatic N) is 2. The number of thiazole rings is 1. The van der Waals surface area contributed by atoms with Gasteiger partial charge in [-0.1, -0.05) is 59.9 Å². The second-order valence-corrected chi connectivity index (χ2v) is 11.2. The van der Waals surface area contributed by atoms with Gasteiger partial charge in [-0.25, -0.2) is 9.79 Å². The zero-order valence-corrected chi connectivity index (χ0v) is 25.4. The van der Waals surface area contributed by atoms with Crippen molar-refractivity contribution in [2.75, 3.05) is 20.8 Å². The number of benzene rings is 3. The fourth-order valence-corrected chi connectivity index (χ4v) is 6.67. The van der Waals surface area contributed by atoms with Gasteiger partial charge in [0.05, 0.1) is 42.3 Å². The van der Waals surface area contributed by atoms with Crippen LogP contribution in [-0.4, -0.2) is 36.3 Å². The van der Waals surface area contributed by atoms with Crippen molar-refractivity contribution in [1.82, 2.24) is 9.55 Å². The molecule has 0 fully saturated rings. The Morgan fingerprint density at radius 2 is 1.84 bits per heavy atom. The third-order valence-electron chi connectivity index (χ3n) is 7.67. The van der Waals surface area contributed by atoms with E-state index >= 15 is 0 Å². The Morgan fingerprint density at radius 3 is 2.56 bits per heavy atom. The van der Waals surface area contributed by atoms with E-state index < -0.39 is 12.0 Å². The number of allylic oxidation sites excluding steroid dienone is 1. The summed E-state index contributed by atoms with van der Waals surface area (Å²) in [5.74, 6) is 0.541. The minimum atomic E-state index is -0.832. The van der Waals surface area contributed by atoms with E-state index in [1.165, 1.54) is 11.3 Å². The Kier molecular flexibility index (Phi) is 7.50. The molecule has 1 aliphatic heterocycles. The summed E-state index contributed by atoms with van der Waals surface area (Å²) >= 11 is 1.29. The number of carbonyl (C=O) groups excluding carboxylic acids is 1. The highest BCUT2D eigenvalue weighted by atomic mass is 32.1. The first-order valence-electron chi connectivity index (χ1n) is 13.9. The van der Waals surface area contributed by atoms with Gasteiger partial charge >= 0.3 is 5.97 Å². The van der Waals surface area contributed by atoms with Gasteiger partial charge in [0, 0.05) is 22.0 Å². The highest BCUT2D eigenvalue weighted by molar-refractivity contribution is 7.07. The van der Waals surface area contributed by atoms with Crippen molar-refractivity contribution in [1.29, 1.82) is 0 Å². The molecule has 2 aromatic heterocycles. The van der Waals surface area contributed by atoms with Crippen molar-refractivity contribution >= 4 is 34.3 Å². The highest BCUT2D eigenvalue weighted by Crippen LogP contribution is 2.38. The number of nitrogens with one attached hydrogen (secondary N) is 1. The van der Waals surface area contributed by atoms with Crippen molar-refractivity contribution in [3.8, 4) is 22.8 Å². The van der Waals surface area contributed by atoms with E-state index in [4.69, 9.17) is 19.2 Å². The van der Waals surface area contributed by atoms with Crippen LogP contribution in [-0.2, 0) is 9.53 Å². The molecule has 6 rings (SSSR count). The van der Waals surface area contributed by atoms with E-state index in [1.807, 2.05) is 42.5 Å². The summed E-state index contributed by atoms with van der Waals surface area (Å²) in [6.45, 7) is 5.76. The monoisotopic (exact) mass is 593 g/mol. The van der Waals surface area contributed by atoms with Crippen LogP contribution >= 0.6 is 11.3 Å². The van der Waals surface area contributed by atoms with Gasteiger partial charge in [-0.05, 0) is 56.2 Å². The minimum Gasteiger partial charge on any atom is -0.497 e. The highest BCUT2D eigenvalue weighted by Gasteiger charge is 2.35. The van der Waals surface area contributed by atoms with Crippen molar-refractivity contribution in [2.24, 2.45) is 4.99 Å². The lowest BCUT2D eigenvalue weighted by Gasteiger charge is -2.26. The Bertz CT molecular complexity index is 2090. The van der Waals surface area contributed by atoms with E-state index in [-0.39, 0.29) is 17.7 Å². The molecule has 0 saturated heterocycles. The fraction of sp³-hybridized carbons (Fsp3) is 0.206. The molecule has 0 unspecified atom stereocenters. The number of hydrogen-bond acceptors (Lipinski definition) is 7. The van der Waals surface area contributed by atoms with Crippen LogP contribution in [0.3, 0.4) is 0 Å². The summed E-state index contributed by atoms with van der Waals surface area (Å²) in [6, 6.07) is 20.7. The van der Waals surface area contributed by atoms with E-state index in [0.717, 1.165) is 33.3 Å². The zero-order chi connectivity index (χ0) is 30.2. The average molecular weight is 594 g/mol. The maximum Gasteiger partial charge on any atom is 0.338 e. The second kappa shape index (κ2) is 11.4. The first-order chi connectivity index (χ1) is 20.9. The summed E-state index contributed by atoms with van der Waals surface area (Å²) in [6.07, 6.45) is 1.92. The van der Waals surface area contributed by atoms with Crippen molar-refractivity contribution in [2.45, 2.75) is 26.8 Å². The van der Waals surface area contributed by atoms with Crippen LogP contribution < -0.4 is 24.4 Å². The van der Waals surface area contributed by atoms with Crippen molar-refractivity contribution < 1.29 is 19.0 Å². The van der Waals surface area contributed by atoms with Gasteiger partial charge < -0.3 is 19.2 Å². The molecule has 0 spiro atoms. The fourth-order valence-electron chi connectivity index (χ4n) is 5.64. The SMILES string of the molecule is CCOC(=O)C1=C(C)N=c2s/c(=C/c3c(-c4ccccc4)[nH]c4c(C)cccc34)c(=O)n2[C@@H]1c1cc(OC)ccc1OC. The maximum atomic E-state index is 14.4. The topological polar surface area (TPSA) is 94.9 Å². The number of aryl methyl sites for hydroxylation is 1. The van der Waals surface area contributed by atoms with Gasteiger partial charge in [0.2, 0.25) is 0 Å². The van der Waals surface area contributed by atoms with Crippen LogP contribution in [0.4, 0.5) is 0 Å². The van der Waals surface area contributed by atoms with Crippen LogP contribution in [0.2, 0.25) is 0 Å². The van der Waals surface area contributed by atoms with Gasteiger partial charge in [-0.3, -0.25) is 9.36 Å². The number of H-pyrrole nitrogens is 1. The minimum absolute atomic E-state index is 0.185. The molecule has 5 aromatic rings. The molecule has 1 N–H and O–H groups in total. The number of esters is 1. The predicted octanol–water partition coefficient (Wildman–Crippen LogP) is 5.27. The van der Waals surface area contributed by atoms with Gasteiger partial charge in [-0.15, -0.1) is 0 Å². The van der Waals surface area contributed by atoms with E-state index in [2.05, 4.69) is 24.0 Å². The number of carbonyl (C=O) groups is 1. The number of aromatic amines is 1. The molecule has 0 saturated carbocycles. The molecule has 0 amide bonds. The van der Waals surface area contributed by atoms with E-state index in [0.29, 0.717) is 32.1 Å². The summed E-state index contributed by atoms with van der Waals surface area (Å²) in [4.78, 5) is 36.6. The molecule has 3 aromatic carbocycles. The molecule has 9 heteroatoms. The van der Waals surface area contributed by atoms with E-state index in [1.54, 1.807) is 50.8 Å². The Morgan fingerprint density at radius 1 is 1.05 bits per heavy atom. The number of methoxy groups -OCH3 is 2. The van der Waals surface area contributed by atoms with Crippen LogP contribution in [0.25, 0.3) is 28.2 Å². The molecule has 218 valence electrons. The van der Waals surface area contributed by atoms with Crippen molar-refractivity contribution in [3.63, 3.8) is 0 Å². The molecule has 0 aliphatic carbocycles. The molecule has 1 atom stereocenters. The lowest BCUT2D eigenvalue weighted by Crippen LogP contribution is -2.40. The number of ether oxygens (including phenoxy) is 3. The van der Waals surface area contributed by atoms with Gasteiger partial charge in [0.1, 0.15) is 17.5 Å². The Labute approximate surface area is 252 Å². The number of fused-ring (bicyclic) bond motifs is 2. The number of rotatable bonds is 7. The predicted molar refractivity (Wildman–Crippen MR) is 168 cm³/mol. The lowest BCUT2D eigenvalue weighted by molar-refractivity contribution is -0.139. The first kappa shape index (κ1) is 28.2. The number of aromatic nitrogens is 2. The summed E-state index contributed by atoms with van der Waals surface area (Å²) in [7, 11) is 3.12. The van der Waals surface area contributed by atoms with Crippen LogP contribution in [0.5, 0.6) is 11.5 Å². The molecule has 43 heavy (non-hydrogen) atoms. The molecular weight excluding hydrogens is 562 g/mol. The quantitative estimate of drug-likeness (QED) is 0.260. The third kappa shape index (κ3) is 4.85. The maximum absolute atomic E-state index is 14.4. The average Bonchev–Trinajstić information content (AvgIpc) is 3.54. The van der Waals surface area contributed by atoms with Gasteiger partial charge in [0.15, 0.2) is 4.80 Å². The van der Waals surface area contributed by atoms with Crippen LogP contribution in [0.1, 0.15) is 36.6 Å². The van der Waals surface area contributed by atoms with Gasteiger partial charge in [-0.2, -0.15) is 0 Å². The van der Waals surface area contributed by atoms with Crippen LogP contribution in [0, 0.1) is 6.92 Å². The number of para-hydroxylation sites is 1. The van der Waals surface area contributed by atoms with E-state index in [9.17, 15) is 9.59 Å². The molecule has 8 nitrogen and oxygen atoms in total. The first-order valence-corrected chi connectivity index (χ1v) is 14.8. The summed E-state index contributed by atoms with van der Waals surface area (Å²) in [5, 5.41) is 1.01. The van der Waals surface area contributed by atoms with Gasteiger partial charge in [0.25, 0.3) is 5.56 Å². The molecule has 3 heterocycles. The third-order valence-corrected chi connectivity index (χ3v) is 8.65. The molecule has 0 bridgehead atoms. The standard InChI is InChI=1S/C34H31N3O5S/c1-6-42-33(39)28-20(3)35-34-37(31(28)25-17-22(40-4)15-16-26(25)41-5)32(38)27(43-34)18-24-23-14-10-11-19(2)29(23)36-30(24)21-12-8-7-9-13-21/h7-18,31,36H,6H2,1-5H3/b27-18+/t31-/m1/s1. The normalized spacial score (nSPS) is 14.9. The summed E-state index contributed by atoms with van der Waals surface area (Å²) < 4.78 is 18.7. The molecule has 1 aliphatic rings. The second-order valence-electron chi connectivity index (χ2n) is 10.2. The number of hydrogen-bond donors (Lipinski definition) is 1. The summed E-state index contributed by atoms with van der Waals surface area (Å²) in [5.41, 5.74) is 6.05. The Balaban J connectivity index is 1.65. The smallest absolute Gasteiger partial charge is 0.338 e. The van der Waals surface area contributed by atoms with Crippen LogP contribution in [0.15, 0.2) is 87.8 Å². The molecule has 0 radical (unpaired) electrons. The lowest BCUT2D eigenvalue weighted by atomic mass is 9.94. The zero-order valence-electron chi connectivity index (χ0n) is 24.6. The van der Waals surface area contributed by atoms with Crippen molar-refractivity contribution in [3.05, 3.63) is 114 Å². The molecular formula is C34H31N3O5S.